The summed E-state index contributed by atoms with van der Waals surface area (Å²) in [5, 5.41) is 11.6. The van der Waals surface area contributed by atoms with Crippen molar-refractivity contribution in [2.45, 2.75) is 19.9 Å². The van der Waals surface area contributed by atoms with Crippen molar-refractivity contribution in [2.75, 3.05) is 32.8 Å². The number of hydrogen-bond donors (Lipinski definition) is 1. The Labute approximate surface area is 235 Å². The Morgan fingerprint density at radius 1 is 1.10 bits per heavy atom. The maximum absolute atomic E-state index is 13.6. The highest BCUT2D eigenvalue weighted by Gasteiger charge is 2.48. The van der Waals surface area contributed by atoms with Crippen LogP contribution in [0.4, 0.5) is 5.13 Å². The van der Waals surface area contributed by atoms with Gasteiger partial charge in [-0.1, -0.05) is 30.1 Å². The van der Waals surface area contributed by atoms with E-state index in [2.05, 4.69) is 11.6 Å². The number of benzene rings is 2. The van der Waals surface area contributed by atoms with Crippen LogP contribution in [-0.4, -0.2) is 55.7 Å². The Morgan fingerprint density at radius 3 is 2.45 bits per heavy atom. The molecule has 1 atom stereocenters. The third-order valence-corrected chi connectivity index (χ3v) is 7.49. The molecule has 1 saturated heterocycles. The smallest absolute Gasteiger partial charge is 0.350 e. The highest BCUT2D eigenvalue weighted by atomic mass is 32.1. The zero-order valence-corrected chi connectivity index (χ0v) is 23.5. The fourth-order valence-electron chi connectivity index (χ4n) is 4.43. The van der Waals surface area contributed by atoms with E-state index in [1.165, 1.54) is 26.2 Å². The van der Waals surface area contributed by atoms with Crippen LogP contribution in [0.3, 0.4) is 0 Å². The summed E-state index contributed by atoms with van der Waals surface area (Å²) in [7, 11) is 4.19. The molecule has 208 valence electrons. The number of Topliss-reactive ketones (excluding diaryl/α,β-unsaturated/α-hetero) is 1. The quantitative estimate of drug-likeness (QED) is 0.129. The number of nitrogens with zero attached hydrogens (tertiary/aromatic N) is 2. The van der Waals surface area contributed by atoms with Crippen molar-refractivity contribution in [3.63, 3.8) is 0 Å². The number of anilines is 1. The highest BCUT2D eigenvalue weighted by Crippen LogP contribution is 2.46. The number of carbonyl (C=O) groups is 3. The first-order valence-electron chi connectivity index (χ1n) is 12.1. The number of carbonyl (C=O) groups excluding carboxylic acids is 3. The Hall–Kier alpha value is -4.64. The second-order valence-corrected chi connectivity index (χ2v) is 9.74. The van der Waals surface area contributed by atoms with Gasteiger partial charge in [-0.2, -0.15) is 0 Å². The van der Waals surface area contributed by atoms with Crippen LogP contribution in [0.1, 0.15) is 38.1 Å². The van der Waals surface area contributed by atoms with Gasteiger partial charge in [0.05, 0.1) is 38.6 Å². The van der Waals surface area contributed by atoms with Crippen molar-refractivity contribution in [1.29, 1.82) is 0 Å². The summed E-state index contributed by atoms with van der Waals surface area (Å²) in [6.07, 6.45) is 1.61. The molecule has 1 unspecified atom stereocenters. The Balaban J connectivity index is 1.94. The Morgan fingerprint density at radius 2 is 1.82 bits per heavy atom. The van der Waals surface area contributed by atoms with E-state index in [0.717, 1.165) is 11.3 Å². The number of aliphatic hydroxyl groups excluding tert-OH is 1. The molecule has 1 aliphatic heterocycles. The molecule has 2 aromatic carbocycles. The first-order valence-corrected chi connectivity index (χ1v) is 12.9. The standard InChI is InChI=1S/C29H28N2O8S/c1-7-12-39-18-9-10-19(15(2)13-18)24(32)22-23(17-8-11-20(36-4)21(14-17)37-5)31(27(34)25(22)33)29-30-16(3)26(40-29)28(35)38-6/h7-11,13-14,23,32H,1,12H2,2-6H3/b24-22-. The van der Waals surface area contributed by atoms with Crippen molar-refractivity contribution >= 4 is 39.9 Å². The van der Waals surface area contributed by atoms with Gasteiger partial charge in [0.25, 0.3) is 5.78 Å². The number of ether oxygens (including phenoxy) is 4. The zero-order chi connectivity index (χ0) is 29.1. The molecule has 4 rings (SSSR count). The molecule has 0 radical (unpaired) electrons. The number of esters is 1. The number of aryl methyl sites for hydroxylation is 2. The molecular formula is C29H28N2O8S. The molecule has 40 heavy (non-hydrogen) atoms. The molecule has 1 aromatic heterocycles. The number of methoxy groups -OCH3 is 3. The summed E-state index contributed by atoms with van der Waals surface area (Å²) >= 11 is 0.916. The molecule has 10 nitrogen and oxygen atoms in total. The number of aromatic nitrogens is 1. The maximum atomic E-state index is 13.6. The van der Waals surface area contributed by atoms with E-state index in [1.807, 2.05) is 0 Å². The van der Waals surface area contributed by atoms with Gasteiger partial charge in [-0.3, -0.25) is 14.5 Å². The Bertz CT molecular complexity index is 1540. The third kappa shape index (κ3) is 5.03. The third-order valence-electron chi connectivity index (χ3n) is 6.35. The first kappa shape index (κ1) is 28.4. The van der Waals surface area contributed by atoms with E-state index in [4.69, 9.17) is 18.9 Å². The average Bonchev–Trinajstić information content (AvgIpc) is 3.46. The van der Waals surface area contributed by atoms with Gasteiger partial charge in [0.15, 0.2) is 16.6 Å². The van der Waals surface area contributed by atoms with Gasteiger partial charge in [-0.15, -0.1) is 0 Å². The van der Waals surface area contributed by atoms with Crippen LogP contribution in [0.2, 0.25) is 0 Å². The number of ketones is 1. The molecule has 0 saturated carbocycles. The van der Waals surface area contributed by atoms with E-state index >= 15 is 0 Å². The number of thiazole rings is 1. The van der Waals surface area contributed by atoms with Crippen LogP contribution in [-0.2, 0) is 14.3 Å². The summed E-state index contributed by atoms with van der Waals surface area (Å²) in [6, 6.07) is 8.82. The van der Waals surface area contributed by atoms with Gasteiger partial charge in [0.1, 0.15) is 23.0 Å². The lowest BCUT2D eigenvalue weighted by Gasteiger charge is -2.24. The van der Waals surface area contributed by atoms with Gasteiger partial charge >= 0.3 is 11.9 Å². The average molecular weight is 565 g/mol. The molecule has 1 amide bonds. The van der Waals surface area contributed by atoms with Crippen LogP contribution in [0.25, 0.3) is 5.76 Å². The fraction of sp³-hybridized carbons (Fsp3) is 0.241. The van der Waals surface area contributed by atoms with E-state index in [0.29, 0.717) is 46.2 Å². The molecule has 11 heteroatoms. The van der Waals surface area contributed by atoms with Gasteiger partial charge in [0.2, 0.25) is 0 Å². The van der Waals surface area contributed by atoms with Gasteiger partial charge in [0, 0.05) is 5.56 Å². The Kier molecular flexibility index (Phi) is 8.24. The second kappa shape index (κ2) is 11.6. The van der Waals surface area contributed by atoms with E-state index in [1.54, 1.807) is 56.3 Å². The van der Waals surface area contributed by atoms with Crippen molar-refractivity contribution < 1.29 is 38.4 Å². The molecule has 0 spiro atoms. The van der Waals surface area contributed by atoms with Crippen LogP contribution in [0, 0.1) is 13.8 Å². The molecule has 0 aliphatic carbocycles. The van der Waals surface area contributed by atoms with Gasteiger partial charge < -0.3 is 24.1 Å². The lowest BCUT2D eigenvalue weighted by molar-refractivity contribution is -0.132. The summed E-state index contributed by atoms with van der Waals surface area (Å²) in [4.78, 5) is 45.1. The fourth-order valence-corrected chi connectivity index (χ4v) is 5.44. The number of amides is 1. The van der Waals surface area contributed by atoms with Crippen LogP contribution < -0.4 is 19.1 Å². The van der Waals surface area contributed by atoms with E-state index in [9.17, 15) is 19.5 Å². The van der Waals surface area contributed by atoms with Crippen LogP contribution in [0.5, 0.6) is 17.2 Å². The highest BCUT2D eigenvalue weighted by molar-refractivity contribution is 7.17. The van der Waals surface area contributed by atoms with Crippen LogP contribution in [0.15, 0.2) is 54.6 Å². The minimum Gasteiger partial charge on any atom is -0.507 e. The minimum atomic E-state index is -1.09. The number of rotatable bonds is 9. The largest absolute Gasteiger partial charge is 0.507 e. The minimum absolute atomic E-state index is 0.101. The predicted molar refractivity (Wildman–Crippen MR) is 149 cm³/mol. The summed E-state index contributed by atoms with van der Waals surface area (Å²) < 4.78 is 21.2. The number of aliphatic hydroxyl groups is 1. The lowest BCUT2D eigenvalue weighted by Crippen LogP contribution is -2.29. The SMILES string of the molecule is C=CCOc1ccc(/C(O)=C2/C(=O)C(=O)N(c3nc(C)c(C(=O)OC)s3)C2c2ccc(OC)c(OC)c2)c(C)c1. The topological polar surface area (TPSA) is 124 Å². The molecule has 1 fully saturated rings. The van der Waals surface area contributed by atoms with E-state index in [-0.39, 0.29) is 21.3 Å². The molecule has 3 aromatic rings. The van der Waals surface area contributed by atoms with Gasteiger partial charge in [-0.25, -0.2) is 9.78 Å². The molecular weight excluding hydrogens is 536 g/mol. The van der Waals surface area contributed by atoms with Crippen molar-refractivity contribution in [3.8, 4) is 17.2 Å². The van der Waals surface area contributed by atoms with Crippen molar-refractivity contribution in [2.24, 2.45) is 0 Å². The summed E-state index contributed by atoms with van der Waals surface area (Å²) in [5.74, 6) is -1.45. The summed E-state index contributed by atoms with van der Waals surface area (Å²) in [6.45, 7) is 7.29. The van der Waals surface area contributed by atoms with Crippen LogP contribution >= 0.6 is 11.3 Å². The van der Waals surface area contributed by atoms with E-state index < -0.39 is 23.7 Å². The van der Waals surface area contributed by atoms with Gasteiger partial charge in [-0.05, 0) is 55.3 Å². The second-order valence-electron chi connectivity index (χ2n) is 8.76. The number of hydrogen-bond acceptors (Lipinski definition) is 10. The molecule has 0 bridgehead atoms. The monoisotopic (exact) mass is 564 g/mol. The normalized spacial score (nSPS) is 16.1. The van der Waals surface area contributed by atoms with Crippen molar-refractivity contribution in [1.82, 2.24) is 4.98 Å². The molecule has 2 heterocycles. The van der Waals surface area contributed by atoms with Crippen molar-refractivity contribution in [3.05, 3.63) is 81.9 Å². The molecule has 1 aliphatic rings. The zero-order valence-electron chi connectivity index (χ0n) is 22.6. The lowest BCUT2D eigenvalue weighted by atomic mass is 9.93. The maximum Gasteiger partial charge on any atom is 0.350 e. The molecule has 1 N–H and O–H groups in total. The predicted octanol–water partition coefficient (Wildman–Crippen LogP) is 4.75. The summed E-state index contributed by atoms with van der Waals surface area (Å²) in [5.41, 5.74) is 1.61. The first-order chi connectivity index (χ1) is 19.2.